The summed E-state index contributed by atoms with van der Waals surface area (Å²) in [5.74, 6) is 1.88. The molecule has 1 aromatic heterocycles. The maximum atomic E-state index is 12.6. The molecule has 3 aromatic carbocycles. The van der Waals surface area contributed by atoms with Crippen molar-refractivity contribution in [3.05, 3.63) is 89.4 Å². The van der Waals surface area contributed by atoms with Gasteiger partial charge >= 0.3 is 0 Å². The number of ether oxygens (including phenoxy) is 2. The van der Waals surface area contributed by atoms with Crippen molar-refractivity contribution < 1.29 is 14.3 Å². The van der Waals surface area contributed by atoms with Crippen LogP contribution in [0.2, 0.25) is 0 Å². The van der Waals surface area contributed by atoms with Crippen molar-refractivity contribution in [1.82, 2.24) is 4.98 Å². The van der Waals surface area contributed by atoms with E-state index in [2.05, 4.69) is 15.6 Å². The van der Waals surface area contributed by atoms with Gasteiger partial charge in [-0.1, -0.05) is 24.3 Å². The molecule has 0 aliphatic heterocycles. The second-order valence-electron chi connectivity index (χ2n) is 6.76. The van der Waals surface area contributed by atoms with Gasteiger partial charge in [-0.2, -0.15) is 0 Å². The van der Waals surface area contributed by atoms with Crippen LogP contribution in [0.25, 0.3) is 0 Å². The van der Waals surface area contributed by atoms with E-state index >= 15 is 0 Å². The largest absolute Gasteiger partial charge is 0.495 e. The average molecular weight is 432 g/mol. The van der Waals surface area contributed by atoms with Crippen LogP contribution in [-0.2, 0) is 0 Å². The van der Waals surface area contributed by atoms with Gasteiger partial charge in [-0.05, 0) is 61.0 Å². The number of nitrogens with one attached hydrogen (secondary N) is 2. The van der Waals surface area contributed by atoms with E-state index in [1.807, 2.05) is 55.5 Å². The van der Waals surface area contributed by atoms with Crippen LogP contribution < -0.4 is 20.1 Å². The Hall–Kier alpha value is -3.84. The summed E-state index contributed by atoms with van der Waals surface area (Å²) in [4.78, 5) is 17.0. The lowest BCUT2D eigenvalue weighted by atomic mass is 10.2. The third-order valence-electron chi connectivity index (χ3n) is 4.42. The number of anilines is 3. The van der Waals surface area contributed by atoms with Crippen LogP contribution in [0.4, 0.5) is 16.5 Å². The van der Waals surface area contributed by atoms with Gasteiger partial charge in [-0.15, -0.1) is 11.3 Å². The predicted octanol–water partition coefficient (Wildman–Crippen LogP) is 6.25. The molecular formula is C24H21N3O3S. The first-order valence-corrected chi connectivity index (χ1v) is 10.5. The maximum Gasteiger partial charge on any atom is 0.275 e. The normalized spacial score (nSPS) is 10.4. The van der Waals surface area contributed by atoms with Crippen molar-refractivity contribution in [2.24, 2.45) is 0 Å². The summed E-state index contributed by atoms with van der Waals surface area (Å²) in [6, 6.07) is 22.6. The van der Waals surface area contributed by atoms with E-state index in [-0.39, 0.29) is 5.91 Å². The SMILES string of the molecule is COc1ccc(C)cc1Nc1nc(C(=O)Nc2ccc(Oc3ccccc3)cc2)cs1. The molecule has 0 fully saturated rings. The quantitative estimate of drug-likeness (QED) is 0.362. The van der Waals surface area contributed by atoms with Crippen LogP contribution in [0.5, 0.6) is 17.2 Å². The molecule has 0 saturated carbocycles. The molecule has 0 unspecified atom stereocenters. The molecule has 0 spiro atoms. The third kappa shape index (κ3) is 5.21. The number of methoxy groups -OCH3 is 1. The van der Waals surface area contributed by atoms with E-state index in [9.17, 15) is 4.79 Å². The number of benzene rings is 3. The van der Waals surface area contributed by atoms with Crippen molar-refractivity contribution in [3.8, 4) is 17.2 Å². The first-order chi connectivity index (χ1) is 15.1. The molecule has 2 N–H and O–H groups in total. The number of nitrogens with zero attached hydrogens (tertiary/aromatic N) is 1. The second kappa shape index (κ2) is 9.32. The number of para-hydroxylation sites is 1. The molecule has 4 aromatic rings. The smallest absolute Gasteiger partial charge is 0.275 e. The fourth-order valence-corrected chi connectivity index (χ4v) is 3.60. The Labute approximate surface area is 184 Å². The first-order valence-electron chi connectivity index (χ1n) is 9.62. The summed E-state index contributed by atoms with van der Waals surface area (Å²) >= 11 is 1.35. The number of amides is 1. The second-order valence-corrected chi connectivity index (χ2v) is 7.62. The van der Waals surface area contributed by atoms with Crippen molar-refractivity contribution in [1.29, 1.82) is 0 Å². The Morgan fingerprint density at radius 3 is 2.45 bits per heavy atom. The summed E-state index contributed by atoms with van der Waals surface area (Å²) in [6.45, 7) is 2.00. The number of thiazole rings is 1. The summed E-state index contributed by atoms with van der Waals surface area (Å²) in [5, 5.41) is 8.40. The molecule has 6 nitrogen and oxygen atoms in total. The third-order valence-corrected chi connectivity index (χ3v) is 5.18. The average Bonchev–Trinajstić information content (AvgIpc) is 3.25. The minimum atomic E-state index is -0.280. The van der Waals surface area contributed by atoms with Crippen LogP contribution >= 0.6 is 11.3 Å². The summed E-state index contributed by atoms with van der Waals surface area (Å²) in [7, 11) is 1.62. The van der Waals surface area contributed by atoms with Gasteiger partial charge in [-0.25, -0.2) is 4.98 Å². The Bertz CT molecular complexity index is 1170. The van der Waals surface area contributed by atoms with Crippen LogP contribution in [0, 0.1) is 6.92 Å². The van der Waals surface area contributed by atoms with Crippen LogP contribution in [0.1, 0.15) is 16.1 Å². The first kappa shape index (κ1) is 20.4. The van der Waals surface area contributed by atoms with E-state index in [0.717, 1.165) is 17.0 Å². The molecule has 0 radical (unpaired) electrons. The highest BCUT2D eigenvalue weighted by molar-refractivity contribution is 7.14. The standard InChI is InChI=1S/C24H21N3O3S/c1-16-8-13-22(29-2)20(14-16)26-24-27-21(15-31-24)23(28)25-17-9-11-19(12-10-17)30-18-6-4-3-5-7-18/h3-15H,1-2H3,(H,25,28)(H,26,27). The molecule has 0 aliphatic rings. The Morgan fingerprint density at radius 1 is 0.968 bits per heavy atom. The minimum Gasteiger partial charge on any atom is -0.495 e. The van der Waals surface area contributed by atoms with E-state index in [4.69, 9.17) is 9.47 Å². The highest BCUT2D eigenvalue weighted by atomic mass is 32.1. The monoisotopic (exact) mass is 431 g/mol. The Balaban J connectivity index is 1.39. The number of hydrogen-bond acceptors (Lipinski definition) is 6. The van der Waals surface area contributed by atoms with Crippen molar-refractivity contribution in [2.75, 3.05) is 17.7 Å². The zero-order chi connectivity index (χ0) is 21.6. The van der Waals surface area contributed by atoms with Gasteiger partial charge in [0.25, 0.3) is 5.91 Å². The van der Waals surface area contributed by atoms with Gasteiger partial charge in [0.2, 0.25) is 0 Å². The van der Waals surface area contributed by atoms with Gasteiger partial charge in [0.05, 0.1) is 12.8 Å². The topological polar surface area (TPSA) is 72.5 Å². The molecule has 0 saturated heterocycles. The van der Waals surface area contributed by atoms with Crippen molar-refractivity contribution in [3.63, 3.8) is 0 Å². The number of rotatable bonds is 7. The zero-order valence-corrected chi connectivity index (χ0v) is 17.9. The Morgan fingerprint density at radius 2 is 1.71 bits per heavy atom. The van der Waals surface area contributed by atoms with Gasteiger partial charge in [0, 0.05) is 11.1 Å². The number of carbonyl (C=O) groups excluding carboxylic acids is 1. The van der Waals surface area contributed by atoms with Gasteiger partial charge < -0.3 is 20.1 Å². The lowest BCUT2D eigenvalue weighted by molar-refractivity contribution is 0.102. The molecule has 0 aliphatic carbocycles. The highest BCUT2D eigenvalue weighted by Gasteiger charge is 2.13. The zero-order valence-electron chi connectivity index (χ0n) is 17.1. The lowest BCUT2D eigenvalue weighted by Gasteiger charge is -2.09. The van der Waals surface area contributed by atoms with E-state index < -0.39 is 0 Å². The van der Waals surface area contributed by atoms with E-state index in [1.54, 1.807) is 36.8 Å². The van der Waals surface area contributed by atoms with Crippen LogP contribution in [0.3, 0.4) is 0 Å². The molecule has 1 heterocycles. The van der Waals surface area contributed by atoms with Gasteiger partial charge in [0.1, 0.15) is 22.9 Å². The molecule has 0 bridgehead atoms. The number of aromatic nitrogens is 1. The van der Waals surface area contributed by atoms with E-state index in [1.165, 1.54) is 11.3 Å². The number of aryl methyl sites for hydroxylation is 1. The van der Waals surface area contributed by atoms with Crippen LogP contribution in [0.15, 0.2) is 78.2 Å². The fraction of sp³-hybridized carbons (Fsp3) is 0.0833. The maximum absolute atomic E-state index is 12.6. The molecule has 4 rings (SSSR count). The summed E-state index contributed by atoms with van der Waals surface area (Å²) in [6.07, 6.45) is 0. The van der Waals surface area contributed by atoms with Crippen molar-refractivity contribution >= 4 is 33.8 Å². The molecule has 31 heavy (non-hydrogen) atoms. The molecule has 0 atom stereocenters. The summed E-state index contributed by atoms with van der Waals surface area (Å²) in [5.41, 5.74) is 2.90. The van der Waals surface area contributed by atoms with Crippen molar-refractivity contribution in [2.45, 2.75) is 6.92 Å². The molecule has 7 heteroatoms. The summed E-state index contributed by atoms with van der Waals surface area (Å²) < 4.78 is 11.1. The van der Waals surface area contributed by atoms with Gasteiger partial charge in [-0.3, -0.25) is 4.79 Å². The van der Waals surface area contributed by atoms with Crippen LogP contribution in [-0.4, -0.2) is 18.0 Å². The number of carbonyl (C=O) groups is 1. The number of hydrogen-bond donors (Lipinski definition) is 2. The molecular weight excluding hydrogens is 410 g/mol. The molecule has 156 valence electrons. The Kier molecular flexibility index (Phi) is 6.14. The minimum absolute atomic E-state index is 0.280. The fourth-order valence-electron chi connectivity index (χ4n) is 2.90. The lowest BCUT2D eigenvalue weighted by Crippen LogP contribution is -2.12. The van der Waals surface area contributed by atoms with Gasteiger partial charge in [0.15, 0.2) is 5.13 Å². The van der Waals surface area contributed by atoms with E-state index in [0.29, 0.717) is 28.0 Å². The molecule has 1 amide bonds. The predicted molar refractivity (Wildman–Crippen MR) is 124 cm³/mol. The highest BCUT2D eigenvalue weighted by Crippen LogP contribution is 2.30.